The lowest BCUT2D eigenvalue weighted by Gasteiger charge is -2.23. The number of rotatable bonds is 5. The molecule has 1 rings (SSSR count). The van der Waals surface area contributed by atoms with Gasteiger partial charge in [0.15, 0.2) is 0 Å². The first-order valence-corrected chi connectivity index (χ1v) is 6.09. The monoisotopic (exact) mass is 308 g/mol. The molecule has 0 spiro atoms. The van der Waals surface area contributed by atoms with Crippen molar-refractivity contribution in [3.05, 3.63) is 33.8 Å². The van der Waals surface area contributed by atoms with E-state index in [1.165, 1.54) is 19.1 Å². The first kappa shape index (κ1) is 14.5. The summed E-state index contributed by atoms with van der Waals surface area (Å²) < 4.78 is 32.4. The summed E-state index contributed by atoms with van der Waals surface area (Å²) in [4.78, 5) is 0. The number of hydrogen-bond acceptors (Lipinski definition) is 2. The van der Waals surface area contributed by atoms with E-state index in [1.807, 2.05) is 0 Å². The Morgan fingerprint density at radius 2 is 2.06 bits per heavy atom. The molecule has 0 fully saturated rings. The molecule has 96 valence electrons. The molecule has 17 heavy (non-hydrogen) atoms. The predicted octanol–water partition coefficient (Wildman–Crippen LogP) is 3.06. The second-order valence-electron chi connectivity index (χ2n) is 4.13. The van der Waals surface area contributed by atoms with Gasteiger partial charge >= 0.3 is 0 Å². The van der Waals surface area contributed by atoms with Crippen LogP contribution in [-0.2, 0) is 11.2 Å². The number of hydrogen-bond donors (Lipinski definition) is 1. The molecule has 5 heteroatoms. The lowest BCUT2D eigenvalue weighted by molar-refractivity contribution is -0.0306. The molecule has 0 aliphatic heterocycles. The molecule has 1 N–H and O–H groups in total. The van der Waals surface area contributed by atoms with Crippen LogP contribution in [0.2, 0.25) is 0 Å². The molecule has 1 aromatic carbocycles. The van der Waals surface area contributed by atoms with Crippen molar-refractivity contribution in [3.8, 4) is 0 Å². The smallest absolute Gasteiger partial charge is 0.143 e. The van der Waals surface area contributed by atoms with Gasteiger partial charge in [-0.25, -0.2) is 8.78 Å². The van der Waals surface area contributed by atoms with Crippen molar-refractivity contribution in [1.29, 1.82) is 0 Å². The highest BCUT2D eigenvalue weighted by atomic mass is 79.9. The van der Waals surface area contributed by atoms with Gasteiger partial charge in [-0.2, -0.15) is 0 Å². The number of benzene rings is 1. The Balaban J connectivity index is 2.91. The molecular weight excluding hydrogens is 294 g/mol. The molecule has 0 saturated heterocycles. The number of aliphatic hydroxyl groups is 1. The minimum atomic E-state index is -1.29. The van der Waals surface area contributed by atoms with E-state index in [-0.39, 0.29) is 23.1 Å². The van der Waals surface area contributed by atoms with Gasteiger partial charge in [0.05, 0.1) is 16.7 Å². The van der Waals surface area contributed by atoms with Crippen LogP contribution in [0.3, 0.4) is 0 Å². The second-order valence-corrected chi connectivity index (χ2v) is 4.99. The van der Waals surface area contributed by atoms with Gasteiger partial charge in [-0.15, -0.1) is 0 Å². The van der Waals surface area contributed by atoms with E-state index in [0.717, 1.165) is 0 Å². The maximum atomic E-state index is 13.7. The predicted molar refractivity (Wildman–Crippen MR) is 64.9 cm³/mol. The van der Waals surface area contributed by atoms with Gasteiger partial charge in [0.2, 0.25) is 0 Å². The SMILES string of the molecule is CCOCC(C)(O)Cc1c(F)ccc(Br)c1F. The zero-order valence-electron chi connectivity index (χ0n) is 9.77. The van der Waals surface area contributed by atoms with Crippen molar-refractivity contribution in [1.82, 2.24) is 0 Å². The van der Waals surface area contributed by atoms with Crippen molar-refractivity contribution >= 4 is 15.9 Å². The highest BCUT2D eigenvalue weighted by molar-refractivity contribution is 9.10. The molecule has 0 aromatic heterocycles. The van der Waals surface area contributed by atoms with Gasteiger partial charge < -0.3 is 9.84 Å². The van der Waals surface area contributed by atoms with Gasteiger partial charge in [-0.05, 0) is 41.9 Å². The maximum absolute atomic E-state index is 13.7. The van der Waals surface area contributed by atoms with Crippen molar-refractivity contribution in [2.75, 3.05) is 13.2 Å². The van der Waals surface area contributed by atoms with Crippen LogP contribution in [0.4, 0.5) is 8.78 Å². The molecule has 1 unspecified atom stereocenters. The minimum Gasteiger partial charge on any atom is -0.387 e. The zero-order valence-corrected chi connectivity index (χ0v) is 11.4. The lowest BCUT2D eigenvalue weighted by atomic mass is 9.96. The third-order valence-corrected chi connectivity index (χ3v) is 2.93. The zero-order chi connectivity index (χ0) is 13.1. The summed E-state index contributed by atoms with van der Waals surface area (Å²) in [5.41, 5.74) is -1.43. The molecule has 0 saturated carbocycles. The van der Waals surface area contributed by atoms with E-state index in [0.29, 0.717) is 6.61 Å². The van der Waals surface area contributed by atoms with Gasteiger partial charge in [-0.3, -0.25) is 0 Å². The van der Waals surface area contributed by atoms with Crippen molar-refractivity contribution in [2.45, 2.75) is 25.9 Å². The molecule has 0 radical (unpaired) electrons. The van der Waals surface area contributed by atoms with Crippen LogP contribution in [0.5, 0.6) is 0 Å². The van der Waals surface area contributed by atoms with Crippen LogP contribution in [0.15, 0.2) is 16.6 Å². The van der Waals surface area contributed by atoms with E-state index in [1.54, 1.807) is 6.92 Å². The summed E-state index contributed by atoms with van der Waals surface area (Å²) >= 11 is 2.99. The van der Waals surface area contributed by atoms with Crippen LogP contribution in [-0.4, -0.2) is 23.9 Å². The molecule has 0 aliphatic carbocycles. The topological polar surface area (TPSA) is 29.5 Å². The van der Waals surface area contributed by atoms with Crippen LogP contribution in [0.1, 0.15) is 19.4 Å². The van der Waals surface area contributed by atoms with Crippen molar-refractivity contribution in [3.63, 3.8) is 0 Å². The summed E-state index contributed by atoms with van der Waals surface area (Å²) in [5.74, 6) is -1.34. The summed E-state index contributed by atoms with van der Waals surface area (Å²) in [6.45, 7) is 3.76. The first-order chi connectivity index (χ1) is 7.87. The fraction of sp³-hybridized carbons (Fsp3) is 0.500. The van der Waals surface area contributed by atoms with Gasteiger partial charge in [0.25, 0.3) is 0 Å². The second kappa shape index (κ2) is 5.89. The summed E-state index contributed by atoms with van der Waals surface area (Å²) in [6, 6.07) is 2.46. The Morgan fingerprint density at radius 1 is 1.41 bits per heavy atom. The van der Waals surface area contributed by atoms with Gasteiger partial charge in [0.1, 0.15) is 11.6 Å². The number of halogens is 3. The molecule has 0 amide bonds. The third-order valence-electron chi connectivity index (χ3n) is 2.31. The molecule has 1 aromatic rings. The highest BCUT2D eigenvalue weighted by Crippen LogP contribution is 2.25. The lowest BCUT2D eigenvalue weighted by Crippen LogP contribution is -2.34. The van der Waals surface area contributed by atoms with E-state index in [4.69, 9.17) is 4.74 Å². The number of ether oxygens (including phenoxy) is 1. The fourth-order valence-corrected chi connectivity index (χ4v) is 1.86. The van der Waals surface area contributed by atoms with E-state index in [2.05, 4.69) is 15.9 Å². The molecule has 2 nitrogen and oxygen atoms in total. The molecule has 0 bridgehead atoms. The van der Waals surface area contributed by atoms with Crippen LogP contribution >= 0.6 is 15.9 Å². The summed E-state index contributed by atoms with van der Waals surface area (Å²) in [6.07, 6.45) is -0.135. The van der Waals surface area contributed by atoms with Gasteiger partial charge in [0, 0.05) is 18.6 Å². The van der Waals surface area contributed by atoms with E-state index >= 15 is 0 Å². The highest BCUT2D eigenvalue weighted by Gasteiger charge is 2.25. The average molecular weight is 309 g/mol. The van der Waals surface area contributed by atoms with Crippen LogP contribution in [0, 0.1) is 11.6 Å². The van der Waals surface area contributed by atoms with E-state index < -0.39 is 17.2 Å². The Morgan fingerprint density at radius 3 is 2.65 bits per heavy atom. The molecule has 0 aliphatic rings. The Bertz CT molecular complexity index is 394. The summed E-state index contributed by atoms with van der Waals surface area (Å²) in [7, 11) is 0. The molecule has 0 heterocycles. The quantitative estimate of drug-likeness (QED) is 0.847. The standard InChI is InChI=1S/C12H15BrF2O2/c1-3-17-7-12(2,16)6-8-10(14)5-4-9(13)11(8)15/h4-5,16H,3,6-7H2,1-2H3. The van der Waals surface area contributed by atoms with Crippen LogP contribution in [0.25, 0.3) is 0 Å². The third kappa shape index (κ3) is 4.01. The van der Waals surface area contributed by atoms with Crippen LogP contribution < -0.4 is 0 Å². The van der Waals surface area contributed by atoms with E-state index in [9.17, 15) is 13.9 Å². The first-order valence-electron chi connectivity index (χ1n) is 5.30. The Hall–Kier alpha value is -0.520. The molecular formula is C12H15BrF2O2. The molecule has 1 atom stereocenters. The van der Waals surface area contributed by atoms with Gasteiger partial charge in [-0.1, -0.05) is 0 Å². The Kier molecular flexibility index (Phi) is 5.04. The Labute approximate surface area is 108 Å². The van der Waals surface area contributed by atoms with Crippen molar-refractivity contribution < 1.29 is 18.6 Å². The summed E-state index contributed by atoms with van der Waals surface area (Å²) in [5, 5.41) is 9.97. The fourth-order valence-electron chi connectivity index (χ4n) is 1.48. The van der Waals surface area contributed by atoms with Crippen molar-refractivity contribution in [2.24, 2.45) is 0 Å². The normalized spacial score (nSPS) is 14.7. The largest absolute Gasteiger partial charge is 0.387 e. The average Bonchev–Trinajstić information content (AvgIpc) is 2.27. The minimum absolute atomic E-state index is 0.0366. The maximum Gasteiger partial charge on any atom is 0.143 e.